The van der Waals surface area contributed by atoms with E-state index in [0.717, 1.165) is 57.9 Å². The van der Waals surface area contributed by atoms with Crippen molar-refractivity contribution in [3.63, 3.8) is 0 Å². The third-order valence-corrected chi connectivity index (χ3v) is 8.03. The Kier molecular flexibility index (Phi) is 5.37. The highest BCUT2D eigenvalue weighted by molar-refractivity contribution is 7.17. The molecule has 32 heavy (non-hydrogen) atoms. The zero-order valence-electron chi connectivity index (χ0n) is 18.3. The number of rotatable bonds is 6. The minimum atomic E-state index is 0.0231. The van der Waals surface area contributed by atoms with Crippen LogP contribution in [0.25, 0.3) is 10.1 Å². The molecule has 1 fully saturated rings. The van der Waals surface area contributed by atoms with Crippen molar-refractivity contribution in [2.45, 2.75) is 25.4 Å². The Labute approximate surface area is 193 Å². The summed E-state index contributed by atoms with van der Waals surface area (Å²) >= 11 is 1.82. The number of nitrogens with zero attached hydrogens (tertiary/aromatic N) is 3. The zero-order valence-corrected chi connectivity index (χ0v) is 19.2. The minimum Gasteiger partial charge on any atom is -0.372 e. The largest absolute Gasteiger partial charge is 0.372 e. The molecule has 1 amide bonds. The van der Waals surface area contributed by atoms with Crippen LogP contribution in [0.1, 0.15) is 30.1 Å². The number of para-hydroxylation sites is 1. The second-order valence-corrected chi connectivity index (χ2v) is 9.96. The van der Waals surface area contributed by atoms with Crippen LogP contribution in [0.4, 0.5) is 11.4 Å². The molecule has 0 bridgehead atoms. The maximum Gasteiger partial charge on any atom is 0.227 e. The Morgan fingerprint density at radius 3 is 2.78 bits per heavy atom. The van der Waals surface area contributed by atoms with Crippen LogP contribution in [0, 0.1) is 0 Å². The molecular formula is C26H29N3O2S. The highest BCUT2D eigenvalue weighted by Crippen LogP contribution is 2.42. The summed E-state index contributed by atoms with van der Waals surface area (Å²) in [4.78, 5) is 19.4. The fraction of sp³-hybridized carbons (Fsp3) is 0.423. The number of benzene rings is 2. The SMILES string of the molecule is O=C1CCc2cccc3c2N1CC3OCCCN1CCN(c2cccc3sccc23)CC1. The van der Waals surface area contributed by atoms with Gasteiger partial charge < -0.3 is 14.5 Å². The second-order valence-electron chi connectivity index (χ2n) is 9.01. The quantitative estimate of drug-likeness (QED) is 0.523. The zero-order chi connectivity index (χ0) is 21.5. The Balaban J connectivity index is 0.996. The Bertz CT molecular complexity index is 1140. The normalized spacial score (nSPS) is 20.9. The van der Waals surface area contributed by atoms with E-state index in [1.165, 1.54) is 26.9 Å². The predicted molar refractivity (Wildman–Crippen MR) is 131 cm³/mol. The molecule has 3 aliphatic heterocycles. The molecule has 0 spiro atoms. The van der Waals surface area contributed by atoms with Crippen LogP contribution in [0.5, 0.6) is 0 Å². The summed E-state index contributed by atoms with van der Waals surface area (Å²) in [6.07, 6.45) is 2.53. The van der Waals surface area contributed by atoms with E-state index in [1.54, 1.807) is 0 Å². The number of thiophene rings is 1. The first-order valence-electron chi connectivity index (χ1n) is 11.8. The molecule has 0 N–H and O–H groups in total. The number of hydrogen-bond acceptors (Lipinski definition) is 5. The van der Waals surface area contributed by atoms with E-state index in [9.17, 15) is 4.79 Å². The monoisotopic (exact) mass is 447 g/mol. The van der Waals surface area contributed by atoms with E-state index in [-0.39, 0.29) is 12.0 Å². The average molecular weight is 448 g/mol. The van der Waals surface area contributed by atoms with E-state index < -0.39 is 0 Å². The first kappa shape index (κ1) is 20.2. The summed E-state index contributed by atoms with van der Waals surface area (Å²) < 4.78 is 7.66. The molecule has 5 nitrogen and oxygen atoms in total. The van der Waals surface area contributed by atoms with Crippen molar-refractivity contribution in [1.82, 2.24) is 4.90 Å². The summed E-state index contributed by atoms with van der Waals surface area (Å²) in [5, 5.41) is 3.57. The van der Waals surface area contributed by atoms with Crippen LogP contribution in [0.2, 0.25) is 0 Å². The van der Waals surface area contributed by atoms with Crippen LogP contribution < -0.4 is 9.80 Å². The van der Waals surface area contributed by atoms with Crippen LogP contribution in [-0.2, 0) is 16.0 Å². The lowest BCUT2D eigenvalue weighted by Crippen LogP contribution is -2.46. The number of carbonyl (C=O) groups excluding carboxylic acids is 1. The molecule has 3 aromatic rings. The molecule has 4 heterocycles. The van der Waals surface area contributed by atoms with Crippen LogP contribution in [-0.4, -0.2) is 56.7 Å². The molecule has 1 saturated heterocycles. The van der Waals surface area contributed by atoms with Gasteiger partial charge in [0.25, 0.3) is 0 Å². The summed E-state index contributed by atoms with van der Waals surface area (Å²) in [5.74, 6) is 0.243. The number of piperazine rings is 1. The highest BCUT2D eigenvalue weighted by Gasteiger charge is 2.37. The summed E-state index contributed by atoms with van der Waals surface area (Å²) in [6, 6.07) is 15.3. The lowest BCUT2D eigenvalue weighted by atomic mass is 9.99. The minimum absolute atomic E-state index is 0.0231. The van der Waals surface area contributed by atoms with Crippen LogP contribution >= 0.6 is 11.3 Å². The number of hydrogen-bond donors (Lipinski definition) is 0. The topological polar surface area (TPSA) is 36.0 Å². The van der Waals surface area contributed by atoms with Gasteiger partial charge in [-0.3, -0.25) is 9.69 Å². The van der Waals surface area contributed by atoms with E-state index in [0.29, 0.717) is 13.0 Å². The van der Waals surface area contributed by atoms with Gasteiger partial charge in [-0.2, -0.15) is 0 Å². The highest BCUT2D eigenvalue weighted by atomic mass is 32.1. The van der Waals surface area contributed by atoms with E-state index in [4.69, 9.17) is 4.74 Å². The summed E-state index contributed by atoms with van der Waals surface area (Å²) in [6.45, 7) is 6.83. The molecule has 6 heteroatoms. The van der Waals surface area contributed by atoms with E-state index >= 15 is 0 Å². The van der Waals surface area contributed by atoms with Gasteiger partial charge in [0.15, 0.2) is 0 Å². The fourth-order valence-corrected chi connectivity index (χ4v) is 6.29. The van der Waals surface area contributed by atoms with Crippen molar-refractivity contribution >= 4 is 38.7 Å². The molecule has 1 unspecified atom stereocenters. The molecule has 6 rings (SSSR count). The number of carbonyl (C=O) groups is 1. The molecule has 2 aromatic carbocycles. The Hall–Kier alpha value is -2.41. The van der Waals surface area contributed by atoms with Crippen molar-refractivity contribution in [2.75, 3.05) is 55.7 Å². The molecule has 166 valence electrons. The second kappa shape index (κ2) is 8.50. The van der Waals surface area contributed by atoms with Crippen molar-refractivity contribution in [3.05, 3.63) is 59.0 Å². The first-order chi connectivity index (χ1) is 15.8. The van der Waals surface area contributed by atoms with E-state index in [1.807, 2.05) is 16.2 Å². The molecule has 1 aromatic heterocycles. The smallest absolute Gasteiger partial charge is 0.227 e. The van der Waals surface area contributed by atoms with Gasteiger partial charge in [0, 0.05) is 67.1 Å². The van der Waals surface area contributed by atoms with Crippen LogP contribution in [0.15, 0.2) is 47.8 Å². The Morgan fingerprint density at radius 2 is 1.88 bits per heavy atom. The van der Waals surface area contributed by atoms with Gasteiger partial charge in [-0.15, -0.1) is 11.3 Å². The lowest BCUT2D eigenvalue weighted by molar-refractivity contribution is -0.119. The maximum absolute atomic E-state index is 12.3. The number of anilines is 2. The van der Waals surface area contributed by atoms with Gasteiger partial charge >= 0.3 is 0 Å². The molecule has 3 aliphatic rings. The van der Waals surface area contributed by atoms with Crippen molar-refractivity contribution in [1.29, 1.82) is 0 Å². The third-order valence-electron chi connectivity index (χ3n) is 7.15. The van der Waals surface area contributed by atoms with Gasteiger partial charge in [-0.05, 0) is 42.0 Å². The molecular weight excluding hydrogens is 418 g/mol. The number of aryl methyl sites for hydroxylation is 1. The standard InChI is InChI=1S/C26H29N3O2S/c30-25-9-8-19-4-1-5-21-23(18-29(25)26(19)21)31-16-3-11-27-12-14-28(15-13-27)22-6-2-7-24-20(22)10-17-32-24/h1-2,4-7,10,17,23H,3,8-9,11-16,18H2. The van der Waals surface area contributed by atoms with Crippen molar-refractivity contribution < 1.29 is 9.53 Å². The van der Waals surface area contributed by atoms with E-state index in [2.05, 4.69) is 57.6 Å². The van der Waals surface area contributed by atoms with Crippen LogP contribution in [0.3, 0.4) is 0 Å². The van der Waals surface area contributed by atoms with Gasteiger partial charge in [-0.1, -0.05) is 24.3 Å². The lowest BCUT2D eigenvalue weighted by Gasteiger charge is -2.36. The third kappa shape index (κ3) is 3.60. The summed E-state index contributed by atoms with van der Waals surface area (Å²) in [7, 11) is 0. The molecule has 0 saturated carbocycles. The first-order valence-corrected chi connectivity index (χ1v) is 12.6. The average Bonchev–Trinajstić information content (AvgIpc) is 3.46. The number of amides is 1. The Morgan fingerprint density at radius 1 is 1.00 bits per heavy atom. The number of ether oxygens (including phenoxy) is 1. The van der Waals surface area contributed by atoms with Gasteiger partial charge in [0.05, 0.1) is 12.2 Å². The fourth-order valence-electron chi connectivity index (χ4n) is 5.48. The molecule has 0 aliphatic carbocycles. The number of fused-ring (bicyclic) bond motifs is 1. The molecule has 1 atom stereocenters. The van der Waals surface area contributed by atoms with Gasteiger partial charge in [0.1, 0.15) is 6.10 Å². The predicted octanol–water partition coefficient (Wildman–Crippen LogP) is 4.46. The van der Waals surface area contributed by atoms with Gasteiger partial charge in [0.2, 0.25) is 5.91 Å². The maximum atomic E-state index is 12.3. The van der Waals surface area contributed by atoms with Crippen molar-refractivity contribution in [2.24, 2.45) is 0 Å². The molecule has 0 radical (unpaired) electrons. The van der Waals surface area contributed by atoms with Gasteiger partial charge in [-0.25, -0.2) is 0 Å². The van der Waals surface area contributed by atoms with Crippen molar-refractivity contribution in [3.8, 4) is 0 Å². The summed E-state index contributed by atoms with van der Waals surface area (Å²) in [5.41, 5.74) is 5.00.